The van der Waals surface area contributed by atoms with Crippen LogP contribution in [0.2, 0.25) is 0 Å². The molecule has 1 aliphatic heterocycles. The Bertz CT molecular complexity index is 1210. The molecule has 1 aromatic carbocycles. The molecule has 0 spiro atoms. The average molecular weight is 435 g/mol. The topological polar surface area (TPSA) is 58.4 Å². The van der Waals surface area contributed by atoms with E-state index < -0.39 is 0 Å². The molecule has 158 valence electrons. The fraction of sp³-hybridized carbons (Fsp3) is 0.261. The molecule has 6 nitrogen and oxygen atoms in total. The van der Waals surface area contributed by atoms with Crippen molar-refractivity contribution in [2.45, 2.75) is 25.3 Å². The van der Waals surface area contributed by atoms with Crippen LogP contribution in [0.1, 0.15) is 30.9 Å². The van der Waals surface area contributed by atoms with Crippen LogP contribution in [0.4, 0.5) is 16.0 Å². The third kappa shape index (κ3) is 3.95. The first-order valence-corrected chi connectivity index (χ1v) is 11.6. The minimum atomic E-state index is -0.201. The molecule has 0 saturated carbocycles. The molecule has 1 aliphatic rings. The van der Waals surface area contributed by atoms with Gasteiger partial charge >= 0.3 is 0 Å². The van der Waals surface area contributed by atoms with E-state index in [1.165, 1.54) is 18.0 Å². The highest BCUT2D eigenvalue weighted by molar-refractivity contribution is 7.99. The van der Waals surface area contributed by atoms with Crippen molar-refractivity contribution in [2.24, 2.45) is 0 Å². The van der Waals surface area contributed by atoms with Crippen LogP contribution in [0, 0.1) is 5.82 Å². The SMILES string of the molecule is CSNc1cccc(-c2cnc3ccc(N4CCCCC4c4cccc(F)c4)nn23)n1. The first-order valence-electron chi connectivity index (χ1n) is 10.4. The molecule has 1 atom stereocenters. The molecular weight excluding hydrogens is 411 g/mol. The van der Waals surface area contributed by atoms with Crippen LogP contribution in [0.15, 0.2) is 60.8 Å². The van der Waals surface area contributed by atoms with Crippen molar-refractivity contribution >= 4 is 29.2 Å². The Balaban J connectivity index is 1.54. The number of anilines is 2. The van der Waals surface area contributed by atoms with E-state index in [1.54, 1.807) is 18.3 Å². The summed E-state index contributed by atoms with van der Waals surface area (Å²) >= 11 is 1.50. The third-order valence-electron chi connectivity index (χ3n) is 5.60. The molecule has 0 aliphatic carbocycles. The van der Waals surface area contributed by atoms with Gasteiger partial charge in [-0.25, -0.2) is 18.9 Å². The summed E-state index contributed by atoms with van der Waals surface area (Å²) in [5.74, 6) is 1.45. The lowest BCUT2D eigenvalue weighted by molar-refractivity contribution is 0.465. The zero-order valence-corrected chi connectivity index (χ0v) is 18.0. The van der Waals surface area contributed by atoms with Crippen LogP contribution >= 0.6 is 11.9 Å². The maximum atomic E-state index is 13.9. The Kier molecular flexibility index (Phi) is 5.46. The van der Waals surface area contributed by atoms with Crippen LogP contribution in [0.3, 0.4) is 0 Å². The van der Waals surface area contributed by atoms with Crippen LogP contribution in [0.25, 0.3) is 17.0 Å². The Morgan fingerprint density at radius 1 is 1.10 bits per heavy atom. The quantitative estimate of drug-likeness (QED) is 0.427. The van der Waals surface area contributed by atoms with Crippen molar-refractivity contribution in [2.75, 3.05) is 22.4 Å². The molecule has 1 saturated heterocycles. The molecule has 0 bridgehead atoms. The molecule has 1 fully saturated rings. The number of hydrogen-bond donors (Lipinski definition) is 1. The maximum absolute atomic E-state index is 13.9. The second kappa shape index (κ2) is 8.55. The van der Waals surface area contributed by atoms with Gasteiger partial charge in [0.15, 0.2) is 5.65 Å². The highest BCUT2D eigenvalue weighted by atomic mass is 32.2. The fourth-order valence-corrected chi connectivity index (χ4v) is 4.52. The number of benzene rings is 1. The predicted molar refractivity (Wildman–Crippen MR) is 124 cm³/mol. The van der Waals surface area contributed by atoms with E-state index in [2.05, 4.69) is 19.6 Å². The van der Waals surface area contributed by atoms with Crippen molar-refractivity contribution in [3.63, 3.8) is 0 Å². The zero-order valence-electron chi connectivity index (χ0n) is 17.2. The number of rotatable bonds is 5. The molecular formula is C23H23FN6S. The summed E-state index contributed by atoms with van der Waals surface area (Å²) in [4.78, 5) is 11.5. The van der Waals surface area contributed by atoms with Crippen molar-refractivity contribution in [1.82, 2.24) is 19.6 Å². The summed E-state index contributed by atoms with van der Waals surface area (Å²) in [6.07, 6.45) is 6.95. The first-order chi connectivity index (χ1) is 15.2. The highest BCUT2D eigenvalue weighted by Crippen LogP contribution is 2.34. The van der Waals surface area contributed by atoms with E-state index >= 15 is 0 Å². The number of halogens is 1. The van der Waals surface area contributed by atoms with Gasteiger partial charge in [0, 0.05) is 12.8 Å². The van der Waals surface area contributed by atoms with Gasteiger partial charge < -0.3 is 9.62 Å². The van der Waals surface area contributed by atoms with E-state index in [4.69, 9.17) is 5.10 Å². The average Bonchev–Trinajstić information content (AvgIpc) is 3.23. The molecule has 0 amide bonds. The lowest BCUT2D eigenvalue weighted by Crippen LogP contribution is -2.34. The Morgan fingerprint density at radius 2 is 2.00 bits per heavy atom. The number of pyridine rings is 1. The third-order valence-corrected chi connectivity index (χ3v) is 6.01. The zero-order chi connectivity index (χ0) is 21.2. The van der Waals surface area contributed by atoms with Crippen LogP contribution < -0.4 is 9.62 Å². The van der Waals surface area contributed by atoms with Gasteiger partial charge in [0.2, 0.25) is 0 Å². The monoisotopic (exact) mass is 434 g/mol. The van der Waals surface area contributed by atoms with Gasteiger partial charge in [0.1, 0.15) is 23.1 Å². The van der Waals surface area contributed by atoms with Crippen LogP contribution in [-0.2, 0) is 0 Å². The first kappa shape index (κ1) is 19.8. The maximum Gasteiger partial charge on any atom is 0.154 e. The molecule has 4 aromatic rings. The second-order valence-corrected chi connectivity index (χ2v) is 8.19. The van der Waals surface area contributed by atoms with Gasteiger partial charge in [-0.2, -0.15) is 0 Å². The summed E-state index contributed by atoms with van der Waals surface area (Å²) in [5, 5.41) is 4.93. The van der Waals surface area contributed by atoms with E-state index in [9.17, 15) is 4.39 Å². The number of hydrogen-bond acceptors (Lipinski definition) is 6. The summed E-state index contributed by atoms with van der Waals surface area (Å²) in [7, 11) is 0. The largest absolute Gasteiger partial charge is 0.348 e. The summed E-state index contributed by atoms with van der Waals surface area (Å²) < 4.78 is 18.9. The molecule has 3 aromatic heterocycles. The number of aromatic nitrogens is 4. The van der Waals surface area contributed by atoms with Crippen LogP contribution in [-0.4, -0.2) is 32.4 Å². The molecule has 0 radical (unpaired) electrons. The number of nitrogens with zero attached hydrogens (tertiary/aromatic N) is 5. The second-order valence-electron chi connectivity index (χ2n) is 7.58. The number of fused-ring (bicyclic) bond motifs is 1. The lowest BCUT2D eigenvalue weighted by atomic mass is 9.95. The van der Waals surface area contributed by atoms with E-state index in [0.29, 0.717) is 0 Å². The smallest absolute Gasteiger partial charge is 0.154 e. The van der Waals surface area contributed by atoms with Gasteiger partial charge in [-0.05, 0) is 61.2 Å². The normalized spacial score (nSPS) is 16.6. The molecule has 4 heterocycles. The van der Waals surface area contributed by atoms with Gasteiger partial charge in [-0.15, -0.1) is 5.10 Å². The lowest BCUT2D eigenvalue weighted by Gasteiger charge is -2.37. The standard InChI is InChI=1S/C23H23FN6S/c1-31-28-21-10-5-8-18(26-21)20-15-25-22-11-12-23(27-30(20)22)29-13-3-2-9-19(29)16-6-4-7-17(24)14-16/h4-8,10-12,14-15,19H,2-3,9,13H2,1H3,(H,26,28). The van der Waals surface area contributed by atoms with Crippen molar-refractivity contribution < 1.29 is 4.39 Å². The van der Waals surface area contributed by atoms with Gasteiger partial charge in [0.05, 0.1) is 17.9 Å². The van der Waals surface area contributed by atoms with Crippen molar-refractivity contribution in [1.29, 1.82) is 0 Å². The van der Waals surface area contributed by atoms with Crippen LogP contribution in [0.5, 0.6) is 0 Å². The molecule has 1 N–H and O–H groups in total. The Morgan fingerprint density at radius 3 is 2.87 bits per heavy atom. The Labute approximate surface area is 184 Å². The van der Waals surface area contributed by atoms with E-state index in [0.717, 1.165) is 60.0 Å². The Hall–Kier alpha value is -3.13. The minimum absolute atomic E-state index is 0.105. The fourth-order valence-electron chi connectivity index (χ4n) is 4.20. The predicted octanol–water partition coefficient (Wildman–Crippen LogP) is 5.35. The summed E-state index contributed by atoms with van der Waals surface area (Å²) in [6.45, 7) is 0.884. The summed E-state index contributed by atoms with van der Waals surface area (Å²) in [6, 6.07) is 16.9. The van der Waals surface area contributed by atoms with Gasteiger partial charge in [-0.3, -0.25) is 0 Å². The van der Waals surface area contributed by atoms with E-state index in [-0.39, 0.29) is 11.9 Å². The van der Waals surface area contributed by atoms with Gasteiger partial charge in [0.25, 0.3) is 0 Å². The summed E-state index contributed by atoms with van der Waals surface area (Å²) in [5.41, 5.74) is 3.39. The minimum Gasteiger partial charge on any atom is -0.348 e. The number of nitrogens with one attached hydrogen (secondary N) is 1. The highest BCUT2D eigenvalue weighted by Gasteiger charge is 2.26. The van der Waals surface area contributed by atoms with Crippen molar-refractivity contribution in [3.05, 3.63) is 72.2 Å². The number of imidazole rings is 1. The molecule has 31 heavy (non-hydrogen) atoms. The molecule has 8 heteroatoms. The van der Waals surface area contributed by atoms with Gasteiger partial charge in [-0.1, -0.05) is 30.1 Å². The molecule has 5 rings (SSSR count). The van der Waals surface area contributed by atoms with Crippen molar-refractivity contribution in [3.8, 4) is 11.4 Å². The molecule has 1 unspecified atom stereocenters. The van der Waals surface area contributed by atoms with E-state index in [1.807, 2.05) is 47.2 Å². The number of piperidine rings is 1.